The smallest absolute Gasteiger partial charge is 0.326 e. The molecule has 0 aromatic carbocycles. The van der Waals surface area contributed by atoms with E-state index in [0.29, 0.717) is 6.41 Å². The van der Waals surface area contributed by atoms with Crippen molar-refractivity contribution in [2.24, 2.45) is 5.92 Å². The molecule has 4 heteroatoms. The molecular weight excluding hydrogens is 218 g/mol. The molecule has 1 saturated carbocycles. The average molecular weight is 241 g/mol. The van der Waals surface area contributed by atoms with E-state index < -0.39 is 12.0 Å². The van der Waals surface area contributed by atoms with Gasteiger partial charge >= 0.3 is 5.97 Å². The van der Waals surface area contributed by atoms with Crippen molar-refractivity contribution in [2.75, 3.05) is 0 Å². The molecule has 1 unspecified atom stereocenters. The molecule has 1 rings (SSSR count). The zero-order chi connectivity index (χ0) is 12.8. The lowest BCUT2D eigenvalue weighted by molar-refractivity contribution is -0.150. The fourth-order valence-corrected chi connectivity index (χ4v) is 2.71. The van der Waals surface area contributed by atoms with Crippen molar-refractivity contribution in [3.63, 3.8) is 0 Å². The SMILES string of the molecule is CC(C)N(C=O)C(C(=O)O)C1CCCCCC1. The van der Waals surface area contributed by atoms with Crippen LogP contribution < -0.4 is 0 Å². The van der Waals surface area contributed by atoms with E-state index in [4.69, 9.17) is 0 Å². The molecule has 0 aromatic rings. The van der Waals surface area contributed by atoms with Gasteiger partial charge in [-0.25, -0.2) is 4.79 Å². The highest BCUT2D eigenvalue weighted by atomic mass is 16.4. The van der Waals surface area contributed by atoms with Crippen molar-refractivity contribution in [1.29, 1.82) is 0 Å². The predicted molar refractivity (Wildman–Crippen MR) is 65.7 cm³/mol. The Kier molecular flexibility index (Phi) is 5.45. The second-order valence-electron chi connectivity index (χ2n) is 5.18. The van der Waals surface area contributed by atoms with E-state index in [0.717, 1.165) is 25.7 Å². The minimum absolute atomic E-state index is 0.0585. The van der Waals surface area contributed by atoms with E-state index in [-0.39, 0.29) is 12.0 Å². The second-order valence-corrected chi connectivity index (χ2v) is 5.18. The van der Waals surface area contributed by atoms with Crippen molar-refractivity contribution >= 4 is 12.4 Å². The molecule has 0 radical (unpaired) electrons. The molecule has 1 N–H and O–H groups in total. The lowest BCUT2D eigenvalue weighted by atomic mass is 9.90. The number of aliphatic carboxylic acids is 1. The van der Waals surface area contributed by atoms with Crippen LogP contribution in [-0.4, -0.2) is 34.5 Å². The Labute approximate surface area is 103 Å². The van der Waals surface area contributed by atoms with E-state index >= 15 is 0 Å². The van der Waals surface area contributed by atoms with Crippen LogP contribution in [-0.2, 0) is 9.59 Å². The number of carbonyl (C=O) groups excluding carboxylic acids is 1. The van der Waals surface area contributed by atoms with Crippen LogP contribution in [0.5, 0.6) is 0 Å². The molecule has 17 heavy (non-hydrogen) atoms. The third-order valence-corrected chi connectivity index (χ3v) is 3.64. The van der Waals surface area contributed by atoms with Crippen LogP contribution in [0, 0.1) is 5.92 Å². The summed E-state index contributed by atoms with van der Waals surface area (Å²) in [7, 11) is 0. The van der Waals surface area contributed by atoms with Crippen LogP contribution >= 0.6 is 0 Å². The quantitative estimate of drug-likeness (QED) is 0.593. The van der Waals surface area contributed by atoms with Crippen molar-refractivity contribution in [3.05, 3.63) is 0 Å². The molecule has 0 aromatic heterocycles. The van der Waals surface area contributed by atoms with Gasteiger partial charge in [0.2, 0.25) is 6.41 Å². The van der Waals surface area contributed by atoms with Crippen LogP contribution in [0.15, 0.2) is 0 Å². The summed E-state index contributed by atoms with van der Waals surface area (Å²) in [4.78, 5) is 24.0. The molecule has 1 fully saturated rings. The first-order valence-corrected chi connectivity index (χ1v) is 6.53. The van der Waals surface area contributed by atoms with E-state index in [2.05, 4.69) is 0 Å². The number of carboxylic acid groups (broad SMARTS) is 1. The Morgan fingerprint density at radius 1 is 1.24 bits per heavy atom. The average Bonchev–Trinajstić information content (AvgIpc) is 2.52. The van der Waals surface area contributed by atoms with Gasteiger partial charge in [0.1, 0.15) is 6.04 Å². The molecule has 0 spiro atoms. The summed E-state index contributed by atoms with van der Waals surface area (Å²) in [5, 5.41) is 9.37. The Hall–Kier alpha value is -1.06. The zero-order valence-electron chi connectivity index (χ0n) is 10.8. The molecular formula is C13H23NO3. The Morgan fingerprint density at radius 2 is 1.76 bits per heavy atom. The maximum atomic E-state index is 11.4. The maximum absolute atomic E-state index is 11.4. The lowest BCUT2D eigenvalue weighted by Gasteiger charge is -2.34. The van der Waals surface area contributed by atoms with Gasteiger partial charge in [-0.2, -0.15) is 0 Å². The fraction of sp³-hybridized carbons (Fsp3) is 0.846. The highest BCUT2D eigenvalue weighted by Crippen LogP contribution is 2.28. The molecule has 4 nitrogen and oxygen atoms in total. The van der Waals surface area contributed by atoms with Crippen LogP contribution in [0.1, 0.15) is 52.4 Å². The van der Waals surface area contributed by atoms with Crippen LogP contribution in [0.4, 0.5) is 0 Å². The van der Waals surface area contributed by atoms with Gasteiger partial charge in [0.15, 0.2) is 0 Å². The van der Waals surface area contributed by atoms with Gasteiger partial charge in [-0.05, 0) is 32.6 Å². The number of carbonyl (C=O) groups is 2. The number of amides is 1. The second kappa shape index (κ2) is 6.62. The van der Waals surface area contributed by atoms with Crippen molar-refractivity contribution in [3.8, 4) is 0 Å². The highest BCUT2D eigenvalue weighted by molar-refractivity contribution is 5.76. The molecule has 0 aliphatic heterocycles. The molecule has 0 saturated heterocycles. The summed E-state index contributed by atoms with van der Waals surface area (Å²) in [6.45, 7) is 3.72. The topological polar surface area (TPSA) is 57.6 Å². The van der Waals surface area contributed by atoms with Crippen LogP contribution in [0.2, 0.25) is 0 Å². The fourth-order valence-electron chi connectivity index (χ4n) is 2.71. The first-order valence-electron chi connectivity index (χ1n) is 6.53. The third kappa shape index (κ3) is 3.72. The number of hydrogen-bond donors (Lipinski definition) is 1. The first kappa shape index (κ1) is 14.0. The van der Waals surface area contributed by atoms with Crippen molar-refractivity contribution in [1.82, 2.24) is 4.90 Å². The summed E-state index contributed by atoms with van der Waals surface area (Å²) in [5.74, 6) is -0.750. The van der Waals surface area contributed by atoms with E-state index in [1.807, 2.05) is 13.8 Å². The molecule has 1 amide bonds. The lowest BCUT2D eigenvalue weighted by Crippen LogP contribution is -2.48. The molecule has 0 bridgehead atoms. The number of rotatable bonds is 5. The molecule has 1 atom stereocenters. The maximum Gasteiger partial charge on any atom is 0.326 e. The first-order chi connectivity index (χ1) is 8.07. The van der Waals surface area contributed by atoms with Crippen LogP contribution in [0.3, 0.4) is 0 Å². The van der Waals surface area contributed by atoms with Gasteiger partial charge < -0.3 is 10.0 Å². The highest BCUT2D eigenvalue weighted by Gasteiger charge is 2.34. The summed E-state index contributed by atoms with van der Waals surface area (Å²) in [6, 6.07) is -0.706. The van der Waals surface area contributed by atoms with Crippen molar-refractivity contribution in [2.45, 2.75) is 64.5 Å². The van der Waals surface area contributed by atoms with Gasteiger partial charge in [0.05, 0.1) is 0 Å². The van der Waals surface area contributed by atoms with Gasteiger partial charge in [0.25, 0.3) is 0 Å². The van der Waals surface area contributed by atoms with Crippen molar-refractivity contribution < 1.29 is 14.7 Å². The van der Waals surface area contributed by atoms with Gasteiger partial charge in [0, 0.05) is 6.04 Å². The normalized spacial score (nSPS) is 19.7. The van der Waals surface area contributed by atoms with E-state index in [1.54, 1.807) is 0 Å². The minimum Gasteiger partial charge on any atom is -0.480 e. The Balaban J connectivity index is 2.82. The van der Waals surface area contributed by atoms with Gasteiger partial charge in [-0.3, -0.25) is 4.79 Å². The van der Waals surface area contributed by atoms with Gasteiger partial charge in [-0.1, -0.05) is 25.7 Å². The largest absolute Gasteiger partial charge is 0.480 e. The molecule has 0 heterocycles. The molecule has 98 valence electrons. The summed E-state index contributed by atoms with van der Waals surface area (Å²) in [6.07, 6.45) is 7.08. The molecule has 1 aliphatic rings. The monoisotopic (exact) mass is 241 g/mol. The van der Waals surface area contributed by atoms with E-state index in [1.165, 1.54) is 17.7 Å². The Bertz CT molecular complexity index is 257. The zero-order valence-corrected chi connectivity index (χ0v) is 10.8. The summed E-state index contributed by atoms with van der Waals surface area (Å²) < 4.78 is 0. The summed E-state index contributed by atoms with van der Waals surface area (Å²) in [5.41, 5.74) is 0. The predicted octanol–water partition coefficient (Wildman–Crippen LogP) is 2.28. The van der Waals surface area contributed by atoms with Crippen LogP contribution in [0.25, 0.3) is 0 Å². The minimum atomic E-state index is -0.863. The standard InChI is InChI=1S/C13H23NO3/c1-10(2)14(9-15)12(13(16)17)11-7-5-3-4-6-8-11/h9-12H,3-8H2,1-2H3,(H,16,17). The molecule has 1 aliphatic carbocycles. The summed E-state index contributed by atoms with van der Waals surface area (Å²) >= 11 is 0. The number of hydrogen-bond acceptors (Lipinski definition) is 2. The number of nitrogens with zero attached hydrogens (tertiary/aromatic N) is 1. The van der Waals surface area contributed by atoms with Gasteiger partial charge in [-0.15, -0.1) is 0 Å². The number of carboxylic acids is 1. The van der Waals surface area contributed by atoms with E-state index in [9.17, 15) is 14.7 Å². The third-order valence-electron chi connectivity index (χ3n) is 3.64. The Morgan fingerprint density at radius 3 is 2.12 bits per heavy atom.